The normalized spacial score (nSPS) is 12.2. The fourth-order valence-electron chi connectivity index (χ4n) is 9.75. The Labute approximate surface area is 395 Å². The number of benzene rings is 4. The van der Waals surface area contributed by atoms with E-state index >= 15 is 0 Å². The van der Waals surface area contributed by atoms with E-state index in [1.807, 2.05) is 38.1 Å². The number of hydrogen-bond donors (Lipinski definition) is 0. The van der Waals surface area contributed by atoms with E-state index in [9.17, 15) is 4.57 Å². The molecule has 2 aliphatic heterocycles. The molecule has 7 aromatic rings. The summed E-state index contributed by atoms with van der Waals surface area (Å²) in [4.78, 5) is 22.1. The minimum absolute atomic E-state index is 0. The van der Waals surface area contributed by atoms with Crippen molar-refractivity contribution in [3.63, 3.8) is 0 Å². The van der Waals surface area contributed by atoms with Gasteiger partial charge >= 0.3 is 27.1 Å². The number of aromatic nitrogens is 4. The molecule has 5 heterocycles. The van der Waals surface area contributed by atoms with Gasteiger partial charge in [-0.1, -0.05) is 95.6 Å². The summed E-state index contributed by atoms with van der Waals surface area (Å²) in [5.74, 6) is 0. The van der Waals surface area contributed by atoms with E-state index in [0.717, 1.165) is 106 Å². The molecule has 2 aliphatic rings. The van der Waals surface area contributed by atoms with Crippen molar-refractivity contribution >= 4 is 59.3 Å². The minimum atomic E-state index is -3.52. The summed E-state index contributed by atoms with van der Waals surface area (Å²) in [7, 11) is -3.52. The van der Waals surface area contributed by atoms with Crippen LogP contribution in [0.3, 0.4) is 0 Å². The number of nitrogens with zero attached hydrogens (tertiary/aromatic N) is 4. The fraction of sp³-hybridized carbons (Fsp3) is 0.214. The van der Waals surface area contributed by atoms with Crippen molar-refractivity contribution in [3.05, 3.63) is 158 Å². The predicted molar refractivity (Wildman–Crippen MR) is 267 cm³/mol. The minimum Gasteiger partial charge on any atom is -0.657 e. The third kappa shape index (κ3) is 8.50. The second-order valence-corrected chi connectivity index (χ2v) is 19.1. The molecule has 4 aromatic carbocycles. The Balaban J connectivity index is 0.00000576. The van der Waals surface area contributed by atoms with Crippen molar-refractivity contribution in [1.29, 1.82) is 0 Å². The predicted octanol–water partition coefficient (Wildman–Crippen LogP) is 13.9. The number of hydrogen-bond acceptors (Lipinski definition) is 5. The second-order valence-electron chi connectivity index (χ2n) is 17.1. The van der Waals surface area contributed by atoms with Crippen molar-refractivity contribution in [2.45, 2.75) is 69.2 Å². The van der Waals surface area contributed by atoms with Gasteiger partial charge in [0.15, 0.2) is 0 Å². The Bertz CT molecular complexity index is 3260. The van der Waals surface area contributed by atoms with Crippen LogP contribution in [0.2, 0.25) is 0 Å². The maximum atomic E-state index is 13.9. The van der Waals surface area contributed by atoms with Crippen LogP contribution >= 0.6 is 7.60 Å². The molecule has 0 saturated heterocycles. The van der Waals surface area contributed by atoms with Gasteiger partial charge in [-0.05, 0) is 178 Å². The summed E-state index contributed by atoms with van der Waals surface area (Å²) in [6.07, 6.45) is 8.44. The van der Waals surface area contributed by atoms with Gasteiger partial charge in [-0.15, -0.1) is 22.1 Å². The summed E-state index contributed by atoms with van der Waals surface area (Å²) in [6, 6.07) is 31.5. The first-order valence-electron chi connectivity index (χ1n) is 22.1. The Morgan fingerprint density at radius 3 is 1.26 bits per heavy atom. The van der Waals surface area contributed by atoms with Gasteiger partial charge < -0.3 is 19.0 Å². The van der Waals surface area contributed by atoms with Gasteiger partial charge in [0.1, 0.15) is 0 Å². The molecule has 322 valence electrons. The van der Waals surface area contributed by atoms with Crippen LogP contribution in [0.5, 0.6) is 0 Å². The van der Waals surface area contributed by atoms with Crippen LogP contribution in [0, 0.1) is 55.4 Å². The molecule has 0 radical (unpaired) electrons. The molecule has 9 rings (SSSR count). The molecule has 0 unspecified atom stereocenters. The molecular formula is C56H53N4O3PZn. The van der Waals surface area contributed by atoms with Crippen molar-refractivity contribution in [2.75, 3.05) is 13.2 Å². The van der Waals surface area contributed by atoms with Gasteiger partial charge in [-0.2, -0.15) is 0 Å². The van der Waals surface area contributed by atoms with Gasteiger partial charge in [-0.25, -0.2) is 9.97 Å². The molecule has 0 saturated carbocycles. The molecule has 0 N–H and O–H groups in total. The van der Waals surface area contributed by atoms with Crippen LogP contribution in [0.1, 0.15) is 81.1 Å². The van der Waals surface area contributed by atoms with Crippen LogP contribution in [0.4, 0.5) is 0 Å². The number of fused-ring (bicyclic) bond motifs is 8. The molecule has 3 aromatic heterocycles. The van der Waals surface area contributed by atoms with E-state index < -0.39 is 7.60 Å². The number of rotatable bonds is 9. The largest absolute Gasteiger partial charge is 2.00 e. The first kappa shape index (κ1) is 45.8. The Hall–Kier alpha value is -5.75. The Kier molecular flexibility index (Phi) is 12.9. The van der Waals surface area contributed by atoms with Gasteiger partial charge in [0.05, 0.1) is 41.3 Å². The first-order valence-corrected chi connectivity index (χ1v) is 23.6. The fourth-order valence-corrected chi connectivity index (χ4v) is 11.3. The zero-order valence-corrected chi connectivity index (χ0v) is 42.9. The van der Waals surface area contributed by atoms with Crippen molar-refractivity contribution in [2.24, 2.45) is 0 Å². The molecule has 65 heavy (non-hydrogen) atoms. The summed E-state index contributed by atoms with van der Waals surface area (Å²) in [5, 5.41) is 0.496. The average Bonchev–Trinajstić information content (AvgIpc) is 4.08. The molecule has 9 heteroatoms. The maximum absolute atomic E-state index is 13.9. The van der Waals surface area contributed by atoms with Crippen LogP contribution in [-0.4, -0.2) is 23.2 Å². The third-order valence-electron chi connectivity index (χ3n) is 12.2. The first-order chi connectivity index (χ1) is 30.8. The standard InChI is InChI=1S/C56H53N4O3P.Zn/c1-11-62-64(61,63-12-2)41-16-14-40(15-17-41)53-43-19-21-45(57-43)54(42-18-13-32(3)27-35(42)6)46-22-24-48(59-46)56(52-38(9)30-34(5)31-39(52)10)50-26-25-49(60-50)55(47-23-20-44(53)58-47)51-36(7)28-33(4)29-37(51)8;/h13-31H,11-12H2,1-10H3;/q-2;+2. The van der Waals surface area contributed by atoms with Crippen LogP contribution in [-0.2, 0) is 33.1 Å². The van der Waals surface area contributed by atoms with E-state index in [2.05, 4.69) is 146 Å². The average molecular weight is 926 g/mol. The molecule has 8 bridgehead atoms. The van der Waals surface area contributed by atoms with E-state index in [1.54, 1.807) is 0 Å². The summed E-state index contributed by atoms with van der Waals surface area (Å²) < 4.78 is 25.3. The molecule has 0 atom stereocenters. The van der Waals surface area contributed by atoms with Crippen molar-refractivity contribution < 1.29 is 33.1 Å². The van der Waals surface area contributed by atoms with Gasteiger partial charge in [0.25, 0.3) is 0 Å². The SMILES string of the molecule is CCOP(=O)(OCC)c1ccc(-c2c3nc(c(-c4ccc(C)cc4C)c4ccc([n-]4)c(-c4c(C)cc(C)cc4C)c4nc(c(-c5c(C)cc(C)cc5C)c5ccc2[n-]5)C=C4)C=C3)cc1.[Zn+2]. The zero-order valence-electron chi connectivity index (χ0n) is 39.1. The summed E-state index contributed by atoms with van der Waals surface area (Å²) in [5.41, 5.74) is 23.7. The van der Waals surface area contributed by atoms with Crippen LogP contribution in [0.15, 0.2) is 91.0 Å². The molecular weight excluding hydrogens is 873 g/mol. The van der Waals surface area contributed by atoms with E-state index in [1.165, 1.54) is 27.8 Å². The molecule has 0 aliphatic carbocycles. The van der Waals surface area contributed by atoms with Gasteiger partial charge in [0.2, 0.25) is 0 Å². The molecule has 0 spiro atoms. The topological polar surface area (TPSA) is 89.5 Å². The van der Waals surface area contributed by atoms with Gasteiger partial charge in [-0.3, -0.25) is 4.57 Å². The molecule has 0 amide bonds. The summed E-state index contributed by atoms with van der Waals surface area (Å²) in [6.45, 7) is 21.4. The van der Waals surface area contributed by atoms with E-state index in [0.29, 0.717) is 5.30 Å². The second kappa shape index (κ2) is 18.3. The quantitative estimate of drug-likeness (QED) is 0.105. The maximum Gasteiger partial charge on any atom is 2.00 e. The number of aryl methyl sites for hydroxylation is 8. The Morgan fingerprint density at radius 2 is 0.831 bits per heavy atom. The van der Waals surface area contributed by atoms with E-state index in [4.69, 9.17) is 29.0 Å². The van der Waals surface area contributed by atoms with Crippen molar-refractivity contribution in [3.8, 4) is 44.5 Å². The molecule has 7 nitrogen and oxygen atoms in total. The third-order valence-corrected chi connectivity index (χ3v) is 14.3. The zero-order chi connectivity index (χ0) is 45.0. The van der Waals surface area contributed by atoms with Gasteiger partial charge in [0, 0.05) is 0 Å². The van der Waals surface area contributed by atoms with Crippen molar-refractivity contribution in [1.82, 2.24) is 19.9 Å². The monoisotopic (exact) mass is 924 g/mol. The molecule has 0 fully saturated rings. The van der Waals surface area contributed by atoms with Crippen LogP contribution < -0.4 is 15.3 Å². The van der Waals surface area contributed by atoms with Crippen LogP contribution in [0.25, 0.3) is 90.9 Å². The summed E-state index contributed by atoms with van der Waals surface area (Å²) >= 11 is 0. The Morgan fingerprint density at radius 1 is 0.446 bits per heavy atom. The van der Waals surface area contributed by atoms with E-state index in [-0.39, 0.29) is 32.7 Å². The smallest absolute Gasteiger partial charge is 0.657 e.